The minimum atomic E-state index is -0.376. The molecule has 1 heterocycles. The van der Waals surface area contributed by atoms with Crippen molar-refractivity contribution in [1.29, 1.82) is 0 Å². The second-order valence-corrected chi connectivity index (χ2v) is 3.28. The van der Waals surface area contributed by atoms with Gasteiger partial charge in [0.2, 0.25) is 0 Å². The molecule has 14 heavy (non-hydrogen) atoms. The van der Waals surface area contributed by atoms with E-state index in [-0.39, 0.29) is 18.0 Å². The molecule has 0 saturated carbocycles. The van der Waals surface area contributed by atoms with Gasteiger partial charge in [0.05, 0.1) is 20.1 Å². The van der Waals surface area contributed by atoms with Crippen LogP contribution in [-0.4, -0.2) is 44.3 Å². The predicted octanol–water partition coefficient (Wildman–Crippen LogP) is 0.638. The Labute approximate surface area is 83.0 Å². The normalized spacial score (nSPS) is 21.6. The maximum atomic E-state index is 11.2. The molecule has 80 valence electrons. The van der Waals surface area contributed by atoms with Crippen molar-refractivity contribution in [3.05, 3.63) is 0 Å². The maximum Gasteiger partial charge on any atom is 0.409 e. The molecule has 0 aliphatic carbocycles. The number of esters is 1. The number of likely N-dealkylation sites (tertiary alicyclic amines) is 1. The van der Waals surface area contributed by atoms with Gasteiger partial charge in [0.1, 0.15) is 0 Å². The molecular weight excluding hydrogens is 186 g/mol. The largest absolute Gasteiger partial charge is 0.469 e. The first-order valence-electron chi connectivity index (χ1n) is 4.59. The lowest BCUT2D eigenvalue weighted by Crippen LogP contribution is -2.42. The SMILES string of the molecule is COC(=O)C1CCCN(C(=O)OC)C1. The van der Waals surface area contributed by atoms with Crippen LogP contribution in [0.3, 0.4) is 0 Å². The predicted molar refractivity (Wildman–Crippen MR) is 48.7 cm³/mol. The molecule has 0 aromatic heterocycles. The summed E-state index contributed by atoms with van der Waals surface area (Å²) in [5.74, 6) is -0.452. The molecule has 1 unspecified atom stereocenters. The third-order valence-corrected chi connectivity index (χ3v) is 2.39. The molecule has 1 fully saturated rings. The van der Waals surface area contributed by atoms with Gasteiger partial charge in [-0.1, -0.05) is 0 Å². The van der Waals surface area contributed by atoms with E-state index in [1.165, 1.54) is 19.1 Å². The van der Waals surface area contributed by atoms with Crippen molar-refractivity contribution in [3.63, 3.8) is 0 Å². The molecule has 0 bridgehead atoms. The van der Waals surface area contributed by atoms with Crippen LogP contribution in [0.25, 0.3) is 0 Å². The van der Waals surface area contributed by atoms with Crippen LogP contribution in [0, 0.1) is 5.92 Å². The van der Waals surface area contributed by atoms with Gasteiger partial charge in [-0.05, 0) is 12.8 Å². The van der Waals surface area contributed by atoms with Gasteiger partial charge in [0.15, 0.2) is 0 Å². The summed E-state index contributed by atoms with van der Waals surface area (Å²) in [6.07, 6.45) is 1.22. The van der Waals surface area contributed by atoms with Crippen molar-refractivity contribution >= 4 is 12.1 Å². The Balaban J connectivity index is 2.51. The van der Waals surface area contributed by atoms with Gasteiger partial charge in [-0.3, -0.25) is 4.79 Å². The number of amides is 1. The van der Waals surface area contributed by atoms with E-state index in [2.05, 4.69) is 9.47 Å². The van der Waals surface area contributed by atoms with Crippen LogP contribution in [0.1, 0.15) is 12.8 Å². The molecule has 1 rings (SSSR count). The minimum absolute atomic E-state index is 0.201. The van der Waals surface area contributed by atoms with E-state index >= 15 is 0 Å². The van der Waals surface area contributed by atoms with Crippen LogP contribution < -0.4 is 0 Å². The highest BCUT2D eigenvalue weighted by Crippen LogP contribution is 2.17. The van der Waals surface area contributed by atoms with Gasteiger partial charge >= 0.3 is 12.1 Å². The maximum absolute atomic E-state index is 11.2. The highest BCUT2D eigenvalue weighted by Gasteiger charge is 2.29. The molecule has 5 heteroatoms. The second kappa shape index (κ2) is 4.83. The standard InChI is InChI=1S/C9H15NO4/c1-13-8(11)7-4-3-5-10(6-7)9(12)14-2/h7H,3-6H2,1-2H3. The molecule has 0 aromatic carbocycles. The van der Waals surface area contributed by atoms with E-state index < -0.39 is 0 Å². The summed E-state index contributed by atoms with van der Waals surface area (Å²) in [6.45, 7) is 1.06. The Hall–Kier alpha value is -1.26. The van der Waals surface area contributed by atoms with Gasteiger partial charge in [-0.25, -0.2) is 4.79 Å². The first kappa shape index (κ1) is 10.8. The molecule has 1 aliphatic heterocycles. The fraction of sp³-hybridized carbons (Fsp3) is 0.778. The van der Waals surface area contributed by atoms with Crippen LogP contribution in [0.15, 0.2) is 0 Å². The fourth-order valence-electron chi connectivity index (χ4n) is 1.63. The van der Waals surface area contributed by atoms with Gasteiger partial charge < -0.3 is 14.4 Å². The topological polar surface area (TPSA) is 55.8 Å². The van der Waals surface area contributed by atoms with E-state index in [1.54, 1.807) is 0 Å². The number of ether oxygens (including phenoxy) is 2. The lowest BCUT2D eigenvalue weighted by Gasteiger charge is -2.29. The van der Waals surface area contributed by atoms with E-state index in [0.29, 0.717) is 13.1 Å². The zero-order valence-electron chi connectivity index (χ0n) is 8.49. The summed E-state index contributed by atoms with van der Waals surface area (Å²) >= 11 is 0. The zero-order valence-corrected chi connectivity index (χ0v) is 8.49. The summed E-state index contributed by atoms with van der Waals surface area (Å²) in [4.78, 5) is 23.9. The monoisotopic (exact) mass is 201 g/mol. The molecule has 1 aliphatic rings. The third kappa shape index (κ3) is 2.37. The molecule has 0 aromatic rings. The number of methoxy groups -OCH3 is 2. The van der Waals surface area contributed by atoms with Gasteiger partial charge in [-0.2, -0.15) is 0 Å². The fourth-order valence-corrected chi connectivity index (χ4v) is 1.63. The Morgan fingerprint density at radius 3 is 2.57 bits per heavy atom. The Kier molecular flexibility index (Phi) is 3.73. The number of carbonyl (C=O) groups excluding carboxylic acids is 2. The highest BCUT2D eigenvalue weighted by molar-refractivity contribution is 5.74. The summed E-state index contributed by atoms with van der Waals surface area (Å²) in [7, 11) is 2.70. The Morgan fingerprint density at radius 1 is 1.29 bits per heavy atom. The van der Waals surface area contributed by atoms with E-state index in [0.717, 1.165) is 12.8 Å². The molecule has 0 radical (unpaired) electrons. The Bertz CT molecular complexity index is 207. The number of hydrogen-bond donors (Lipinski definition) is 0. The molecule has 1 saturated heterocycles. The van der Waals surface area contributed by atoms with Crippen molar-refractivity contribution in [2.45, 2.75) is 12.8 Å². The van der Waals surface area contributed by atoms with Crippen molar-refractivity contribution in [2.75, 3.05) is 27.3 Å². The summed E-state index contributed by atoms with van der Waals surface area (Å²) < 4.78 is 9.22. The Morgan fingerprint density at radius 2 is 2.00 bits per heavy atom. The van der Waals surface area contributed by atoms with E-state index in [4.69, 9.17) is 0 Å². The number of hydrogen-bond acceptors (Lipinski definition) is 4. The van der Waals surface area contributed by atoms with Crippen molar-refractivity contribution in [3.8, 4) is 0 Å². The van der Waals surface area contributed by atoms with Crippen molar-refractivity contribution < 1.29 is 19.1 Å². The minimum Gasteiger partial charge on any atom is -0.469 e. The van der Waals surface area contributed by atoms with Gasteiger partial charge in [-0.15, -0.1) is 0 Å². The van der Waals surface area contributed by atoms with Crippen molar-refractivity contribution in [1.82, 2.24) is 4.90 Å². The van der Waals surface area contributed by atoms with Crippen LogP contribution in [0.4, 0.5) is 4.79 Å². The van der Waals surface area contributed by atoms with E-state index in [9.17, 15) is 9.59 Å². The molecule has 1 amide bonds. The van der Waals surface area contributed by atoms with E-state index in [1.807, 2.05) is 0 Å². The third-order valence-electron chi connectivity index (χ3n) is 2.39. The molecule has 5 nitrogen and oxygen atoms in total. The van der Waals surface area contributed by atoms with Crippen LogP contribution in [0.5, 0.6) is 0 Å². The van der Waals surface area contributed by atoms with Crippen molar-refractivity contribution in [2.24, 2.45) is 5.92 Å². The average molecular weight is 201 g/mol. The zero-order chi connectivity index (χ0) is 10.6. The van der Waals surface area contributed by atoms with Crippen LogP contribution in [0.2, 0.25) is 0 Å². The first-order valence-corrected chi connectivity index (χ1v) is 4.59. The average Bonchev–Trinajstić information content (AvgIpc) is 2.27. The smallest absolute Gasteiger partial charge is 0.409 e. The molecule has 1 atom stereocenters. The number of nitrogens with zero attached hydrogens (tertiary/aromatic N) is 1. The first-order chi connectivity index (χ1) is 6.69. The molecular formula is C9H15NO4. The number of piperidine rings is 1. The van der Waals surface area contributed by atoms with Crippen LogP contribution >= 0.6 is 0 Å². The lowest BCUT2D eigenvalue weighted by atomic mass is 9.99. The molecule has 0 spiro atoms. The summed E-state index contributed by atoms with van der Waals surface area (Å²) in [5.41, 5.74) is 0. The highest BCUT2D eigenvalue weighted by atomic mass is 16.5. The number of carbonyl (C=O) groups is 2. The molecule has 0 N–H and O–H groups in total. The lowest BCUT2D eigenvalue weighted by molar-refractivity contribution is -0.147. The number of rotatable bonds is 1. The second-order valence-electron chi connectivity index (χ2n) is 3.28. The van der Waals surface area contributed by atoms with Gasteiger partial charge in [0.25, 0.3) is 0 Å². The van der Waals surface area contributed by atoms with Gasteiger partial charge in [0, 0.05) is 13.1 Å². The summed E-state index contributed by atoms with van der Waals surface area (Å²) in [5, 5.41) is 0. The van der Waals surface area contributed by atoms with Crippen LogP contribution in [-0.2, 0) is 14.3 Å². The quantitative estimate of drug-likeness (QED) is 0.584. The summed E-state index contributed by atoms with van der Waals surface area (Å²) in [6, 6.07) is 0.